The summed E-state index contributed by atoms with van der Waals surface area (Å²) >= 11 is 11.6. The minimum atomic E-state index is -0.498. The lowest BCUT2D eigenvalue weighted by Crippen LogP contribution is -2.12. The van der Waals surface area contributed by atoms with Crippen LogP contribution in [0.3, 0.4) is 0 Å². The highest BCUT2D eigenvalue weighted by Crippen LogP contribution is 2.35. The molecule has 0 saturated heterocycles. The Hall–Kier alpha value is -1.78. The number of nitrogens with one attached hydrogen (secondary N) is 1. The summed E-state index contributed by atoms with van der Waals surface area (Å²) in [5.41, 5.74) is 0.708. The fourth-order valence-corrected chi connectivity index (χ4v) is 2.14. The highest BCUT2D eigenvalue weighted by Gasteiger charge is 2.13. The topological polar surface area (TPSA) is 49.3 Å². The van der Waals surface area contributed by atoms with Gasteiger partial charge in [-0.25, -0.2) is 4.39 Å². The second-order valence-corrected chi connectivity index (χ2v) is 5.05. The van der Waals surface area contributed by atoms with Gasteiger partial charge < -0.3 is 10.4 Å². The first-order valence-corrected chi connectivity index (χ1v) is 6.39. The Morgan fingerprint density at radius 3 is 2.60 bits per heavy atom. The van der Waals surface area contributed by atoms with Crippen LogP contribution in [-0.4, -0.2) is 11.0 Å². The maximum Gasteiger partial charge on any atom is 0.255 e. The van der Waals surface area contributed by atoms with Crippen molar-refractivity contribution in [3.05, 3.63) is 57.3 Å². The number of aryl methyl sites for hydroxylation is 1. The molecule has 0 radical (unpaired) electrons. The molecule has 0 aliphatic rings. The van der Waals surface area contributed by atoms with Crippen LogP contribution in [0.4, 0.5) is 10.1 Å². The molecule has 2 N–H and O–H groups in total. The van der Waals surface area contributed by atoms with E-state index in [1.807, 2.05) is 0 Å². The van der Waals surface area contributed by atoms with Crippen LogP contribution in [0, 0.1) is 12.7 Å². The summed E-state index contributed by atoms with van der Waals surface area (Å²) in [6, 6.07) is 6.69. The summed E-state index contributed by atoms with van der Waals surface area (Å²) in [6.07, 6.45) is 0. The third kappa shape index (κ3) is 3.03. The van der Waals surface area contributed by atoms with Gasteiger partial charge in [0.2, 0.25) is 0 Å². The number of anilines is 1. The third-order valence-electron chi connectivity index (χ3n) is 2.70. The van der Waals surface area contributed by atoms with Gasteiger partial charge in [0.15, 0.2) is 5.75 Å². The van der Waals surface area contributed by atoms with E-state index in [9.17, 15) is 14.3 Å². The number of benzene rings is 2. The van der Waals surface area contributed by atoms with Crippen LogP contribution < -0.4 is 5.32 Å². The number of rotatable bonds is 2. The van der Waals surface area contributed by atoms with Gasteiger partial charge in [0, 0.05) is 10.6 Å². The van der Waals surface area contributed by atoms with Crippen LogP contribution in [0.2, 0.25) is 10.0 Å². The largest absolute Gasteiger partial charge is 0.504 e. The number of phenolic OH excluding ortho intramolecular Hbond substituents is 1. The summed E-state index contributed by atoms with van der Waals surface area (Å²) in [5, 5.41) is 12.5. The zero-order valence-electron chi connectivity index (χ0n) is 10.4. The lowest BCUT2D eigenvalue weighted by atomic mass is 10.1. The summed E-state index contributed by atoms with van der Waals surface area (Å²) in [4.78, 5) is 12.0. The van der Waals surface area contributed by atoms with Crippen LogP contribution in [0.15, 0.2) is 30.3 Å². The molecule has 1 amide bonds. The minimum Gasteiger partial charge on any atom is -0.504 e. The van der Waals surface area contributed by atoms with Crippen molar-refractivity contribution in [2.75, 3.05) is 5.32 Å². The molecular formula is C14H10Cl2FNO2. The number of aromatic hydroxyl groups is 1. The Labute approximate surface area is 124 Å². The molecule has 6 heteroatoms. The minimum absolute atomic E-state index is 0.0306. The lowest BCUT2D eigenvalue weighted by molar-refractivity contribution is 0.102. The number of hydrogen-bond donors (Lipinski definition) is 2. The molecule has 0 saturated carbocycles. The van der Waals surface area contributed by atoms with Crippen LogP contribution in [0.1, 0.15) is 15.9 Å². The first kappa shape index (κ1) is 14.6. The van der Waals surface area contributed by atoms with Gasteiger partial charge in [-0.05, 0) is 42.8 Å². The molecule has 20 heavy (non-hydrogen) atoms. The van der Waals surface area contributed by atoms with Gasteiger partial charge in [0.25, 0.3) is 5.91 Å². The van der Waals surface area contributed by atoms with E-state index in [0.29, 0.717) is 5.56 Å². The summed E-state index contributed by atoms with van der Waals surface area (Å²) < 4.78 is 13.2. The number of phenols is 1. The molecule has 2 rings (SSSR count). The Bertz CT molecular complexity index is 689. The number of hydrogen-bond acceptors (Lipinski definition) is 2. The van der Waals surface area contributed by atoms with Crippen LogP contribution in [0.25, 0.3) is 0 Å². The van der Waals surface area contributed by atoms with Crippen LogP contribution in [0.5, 0.6) is 5.75 Å². The smallest absolute Gasteiger partial charge is 0.255 e. The predicted octanol–water partition coefficient (Wildman–Crippen LogP) is 4.40. The predicted molar refractivity (Wildman–Crippen MR) is 77.2 cm³/mol. The fraction of sp³-hybridized carbons (Fsp3) is 0.0714. The summed E-state index contributed by atoms with van der Waals surface area (Å²) in [5.74, 6) is -1.17. The maximum atomic E-state index is 13.2. The van der Waals surface area contributed by atoms with Gasteiger partial charge in [0.05, 0.1) is 10.7 Å². The lowest BCUT2D eigenvalue weighted by Gasteiger charge is -2.09. The van der Waals surface area contributed by atoms with E-state index < -0.39 is 11.7 Å². The Balaban J connectivity index is 2.30. The Morgan fingerprint density at radius 2 is 1.95 bits per heavy atom. The number of carbonyl (C=O) groups excluding carboxylic acids is 1. The summed E-state index contributed by atoms with van der Waals surface area (Å²) in [7, 11) is 0. The SMILES string of the molecule is Cc1cc(C(=O)Nc2cc(Cl)cc(Cl)c2O)ccc1F. The molecule has 0 atom stereocenters. The first-order chi connectivity index (χ1) is 9.38. The van der Waals surface area contributed by atoms with Gasteiger partial charge in [-0.1, -0.05) is 23.2 Å². The second-order valence-electron chi connectivity index (χ2n) is 4.20. The fourth-order valence-electron chi connectivity index (χ4n) is 1.64. The highest BCUT2D eigenvalue weighted by atomic mass is 35.5. The quantitative estimate of drug-likeness (QED) is 0.807. The average molecular weight is 314 g/mol. The third-order valence-corrected chi connectivity index (χ3v) is 3.20. The monoisotopic (exact) mass is 313 g/mol. The average Bonchev–Trinajstić information content (AvgIpc) is 2.38. The van der Waals surface area contributed by atoms with Crippen molar-refractivity contribution in [1.29, 1.82) is 0 Å². The van der Waals surface area contributed by atoms with Crippen LogP contribution in [-0.2, 0) is 0 Å². The standard InChI is InChI=1S/C14H10Cl2FNO2/c1-7-4-8(2-3-11(7)17)14(20)18-12-6-9(15)5-10(16)13(12)19/h2-6,19H,1H3,(H,18,20). The molecule has 0 heterocycles. The molecule has 0 aromatic heterocycles. The highest BCUT2D eigenvalue weighted by molar-refractivity contribution is 6.36. The molecule has 0 bridgehead atoms. The van der Waals surface area contributed by atoms with Gasteiger partial charge in [0.1, 0.15) is 5.82 Å². The number of carbonyl (C=O) groups is 1. The van der Waals surface area contributed by atoms with E-state index in [1.165, 1.54) is 30.3 Å². The molecule has 2 aromatic rings. The van der Waals surface area contributed by atoms with Crippen molar-refractivity contribution in [3.63, 3.8) is 0 Å². The molecule has 2 aromatic carbocycles. The molecule has 0 fully saturated rings. The zero-order valence-corrected chi connectivity index (χ0v) is 11.9. The summed E-state index contributed by atoms with van der Waals surface area (Å²) in [6.45, 7) is 1.56. The molecule has 0 unspecified atom stereocenters. The van der Waals surface area contributed by atoms with E-state index >= 15 is 0 Å². The van der Waals surface area contributed by atoms with E-state index in [4.69, 9.17) is 23.2 Å². The van der Waals surface area contributed by atoms with Crippen molar-refractivity contribution < 1.29 is 14.3 Å². The van der Waals surface area contributed by atoms with Gasteiger partial charge in [-0.2, -0.15) is 0 Å². The van der Waals surface area contributed by atoms with E-state index in [1.54, 1.807) is 6.92 Å². The van der Waals surface area contributed by atoms with E-state index in [0.717, 1.165) is 0 Å². The van der Waals surface area contributed by atoms with E-state index in [-0.39, 0.29) is 27.0 Å². The number of amides is 1. The zero-order chi connectivity index (χ0) is 14.9. The Kier molecular flexibility index (Phi) is 4.16. The molecule has 104 valence electrons. The first-order valence-electron chi connectivity index (χ1n) is 5.64. The normalized spacial score (nSPS) is 10.4. The Morgan fingerprint density at radius 1 is 1.25 bits per heavy atom. The van der Waals surface area contributed by atoms with Crippen molar-refractivity contribution in [2.24, 2.45) is 0 Å². The van der Waals surface area contributed by atoms with Crippen LogP contribution >= 0.6 is 23.2 Å². The molecule has 0 aliphatic heterocycles. The van der Waals surface area contributed by atoms with Gasteiger partial charge in [-0.3, -0.25) is 4.79 Å². The van der Waals surface area contributed by atoms with Crippen molar-refractivity contribution in [1.82, 2.24) is 0 Å². The molecule has 0 spiro atoms. The van der Waals surface area contributed by atoms with Crippen molar-refractivity contribution in [3.8, 4) is 5.75 Å². The van der Waals surface area contributed by atoms with E-state index in [2.05, 4.69) is 5.32 Å². The molecule has 3 nitrogen and oxygen atoms in total. The van der Waals surface area contributed by atoms with Crippen molar-refractivity contribution in [2.45, 2.75) is 6.92 Å². The number of halogens is 3. The van der Waals surface area contributed by atoms with Crippen molar-refractivity contribution >= 4 is 34.8 Å². The maximum absolute atomic E-state index is 13.2. The molecule has 0 aliphatic carbocycles. The molecular weight excluding hydrogens is 304 g/mol. The van der Waals surface area contributed by atoms with Gasteiger partial charge in [-0.15, -0.1) is 0 Å². The second kappa shape index (κ2) is 5.69. The van der Waals surface area contributed by atoms with Gasteiger partial charge >= 0.3 is 0 Å².